The zero-order valence-electron chi connectivity index (χ0n) is 12.4. The second-order valence-corrected chi connectivity index (χ2v) is 5.23. The average Bonchev–Trinajstić information content (AvgIpc) is 2.58. The van der Waals surface area contributed by atoms with E-state index in [1.807, 2.05) is 33.9 Å². The van der Waals surface area contributed by atoms with Crippen molar-refractivity contribution in [2.24, 2.45) is 7.05 Å². The van der Waals surface area contributed by atoms with Gasteiger partial charge in [-0.3, -0.25) is 14.4 Å². The summed E-state index contributed by atoms with van der Waals surface area (Å²) in [5.74, 6) is 0.245. The van der Waals surface area contributed by atoms with Crippen LogP contribution in [0.4, 0.5) is 0 Å². The summed E-state index contributed by atoms with van der Waals surface area (Å²) in [7, 11) is 1.89. The number of Topliss-reactive ketones (excluding diaryl/α,β-unsaturated/α-hetero) is 1. The summed E-state index contributed by atoms with van der Waals surface area (Å²) < 4.78 is 1.80. The van der Waals surface area contributed by atoms with Gasteiger partial charge in [-0.1, -0.05) is 13.8 Å². The molecule has 0 saturated heterocycles. The summed E-state index contributed by atoms with van der Waals surface area (Å²) in [5, 5.41) is 4.28. The molecular formula is C14H25N3O. The molecule has 0 N–H and O–H groups in total. The highest BCUT2D eigenvalue weighted by Gasteiger charge is 2.32. The van der Waals surface area contributed by atoms with Gasteiger partial charge < -0.3 is 0 Å². The van der Waals surface area contributed by atoms with E-state index in [1.54, 1.807) is 4.68 Å². The first-order chi connectivity index (χ1) is 8.32. The van der Waals surface area contributed by atoms with Crippen LogP contribution in [0, 0.1) is 6.92 Å². The summed E-state index contributed by atoms with van der Waals surface area (Å²) in [6, 6.07) is 1.98. The second kappa shape index (κ2) is 5.65. The van der Waals surface area contributed by atoms with Gasteiger partial charge in [0.15, 0.2) is 5.78 Å². The van der Waals surface area contributed by atoms with Crippen molar-refractivity contribution in [1.82, 2.24) is 14.7 Å². The molecule has 0 aliphatic carbocycles. The number of hydrogen-bond acceptors (Lipinski definition) is 3. The number of carbonyl (C=O) groups is 1. The molecule has 1 rings (SSSR count). The Balaban J connectivity index is 2.84. The van der Waals surface area contributed by atoms with Gasteiger partial charge in [-0.15, -0.1) is 0 Å². The van der Waals surface area contributed by atoms with E-state index in [-0.39, 0.29) is 5.78 Å². The Labute approximate surface area is 110 Å². The summed E-state index contributed by atoms with van der Waals surface area (Å²) >= 11 is 0. The van der Waals surface area contributed by atoms with Gasteiger partial charge in [0, 0.05) is 12.7 Å². The van der Waals surface area contributed by atoms with E-state index in [0.29, 0.717) is 6.42 Å². The minimum Gasteiger partial charge on any atom is -0.297 e. The molecule has 102 valence electrons. The van der Waals surface area contributed by atoms with E-state index in [1.165, 1.54) is 0 Å². The first kappa shape index (κ1) is 14.9. The molecule has 0 amide bonds. The van der Waals surface area contributed by atoms with Crippen LogP contribution < -0.4 is 0 Å². The number of aryl methyl sites for hydroxylation is 2. The molecule has 0 atom stereocenters. The molecule has 0 aliphatic rings. The lowest BCUT2D eigenvalue weighted by Crippen LogP contribution is -2.50. The minimum absolute atomic E-state index is 0.245. The Kier molecular flexibility index (Phi) is 4.68. The number of nitrogens with zero attached hydrogens (tertiary/aromatic N) is 3. The first-order valence-electron chi connectivity index (χ1n) is 6.60. The third-order valence-corrected chi connectivity index (χ3v) is 3.68. The van der Waals surface area contributed by atoms with Gasteiger partial charge in [-0.25, -0.2) is 0 Å². The Morgan fingerprint density at radius 2 is 1.94 bits per heavy atom. The van der Waals surface area contributed by atoms with Gasteiger partial charge in [0.2, 0.25) is 0 Å². The molecule has 1 heterocycles. The molecule has 0 aliphatic heterocycles. The van der Waals surface area contributed by atoms with E-state index in [0.717, 1.165) is 24.5 Å². The van der Waals surface area contributed by atoms with Gasteiger partial charge in [-0.2, -0.15) is 5.10 Å². The monoisotopic (exact) mass is 251 g/mol. The topological polar surface area (TPSA) is 38.1 Å². The van der Waals surface area contributed by atoms with Crippen LogP contribution in [0.3, 0.4) is 0 Å². The van der Waals surface area contributed by atoms with Crippen molar-refractivity contribution < 1.29 is 4.79 Å². The van der Waals surface area contributed by atoms with Crippen LogP contribution in [-0.2, 0) is 18.3 Å². The highest BCUT2D eigenvalue weighted by Crippen LogP contribution is 2.18. The molecule has 18 heavy (non-hydrogen) atoms. The second-order valence-electron chi connectivity index (χ2n) is 5.23. The Hall–Kier alpha value is -1.16. The fraction of sp³-hybridized carbons (Fsp3) is 0.714. The predicted octanol–water partition coefficient (Wildman–Crippen LogP) is 1.96. The van der Waals surface area contributed by atoms with Crippen molar-refractivity contribution in [3.63, 3.8) is 0 Å². The highest BCUT2D eigenvalue weighted by molar-refractivity contribution is 5.89. The highest BCUT2D eigenvalue weighted by atomic mass is 16.1. The molecule has 1 aromatic heterocycles. The van der Waals surface area contributed by atoms with E-state index in [9.17, 15) is 4.79 Å². The van der Waals surface area contributed by atoms with Crippen molar-refractivity contribution in [2.45, 2.75) is 46.6 Å². The molecule has 4 nitrogen and oxygen atoms in total. The fourth-order valence-corrected chi connectivity index (χ4v) is 2.40. The zero-order valence-corrected chi connectivity index (χ0v) is 12.4. The van der Waals surface area contributed by atoms with Gasteiger partial charge >= 0.3 is 0 Å². The standard InChI is InChI=1S/C14H25N3O/c1-7-17(8-2)14(4,5)13(18)10-12-9-11(3)15-16(12)6/h9H,7-8,10H2,1-6H3. The normalized spacial score (nSPS) is 12.2. The molecule has 4 heteroatoms. The molecular weight excluding hydrogens is 226 g/mol. The SMILES string of the molecule is CCN(CC)C(C)(C)C(=O)Cc1cc(C)nn1C. The fourth-order valence-electron chi connectivity index (χ4n) is 2.40. The van der Waals surface area contributed by atoms with Gasteiger partial charge in [-0.05, 0) is 39.9 Å². The van der Waals surface area contributed by atoms with Gasteiger partial charge in [0.25, 0.3) is 0 Å². The Morgan fingerprint density at radius 3 is 2.33 bits per heavy atom. The number of rotatable bonds is 6. The zero-order chi connectivity index (χ0) is 13.9. The molecule has 0 unspecified atom stereocenters. The summed E-state index contributed by atoms with van der Waals surface area (Å²) in [4.78, 5) is 14.7. The molecule has 0 fully saturated rings. The van der Waals surface area contributed by atoms with Crippen LogP contribution in [0.15, 0.2) is 6.07 Å². The van der Waals surface area contributed by atoms with Crippen LogP contribution in [0.1, 0.15) is 39.1 Å². The largest absolute Gasteiger partial charge is 0.297 e. The molecule has 0 bridgehead atoms. The van der Waals surface area contributed by atoms with Gasteiger partial charge in [0.1, 0.15) is 0 Å². The minimum atomic E-state index is -0.415. The summed E-state index contributed by atoms with van der Waals surface area (Å²) in [5.41, 5.74) is 1.53. The number of hydrogen-bond donors (Lipinski definition) is 0. The molecule has 1 aromatic rings. The third-order valence-electron chi connectivity index (χ3n) is 3.68. The van der Waals surface area contributed by atoms with Crippen molar-refractivity contribution in [3.05, 3.63) is 17.5 Å². The van der Waals surface area contributed by atoms with Crippen LogP contribution in [0.2, 0.25) is 0 Å². The van der Waals surface area contributed by atoms with Crippen molar-refractivity contribution in [3.8, 4) is 0 Å². The maximum Gasteiger partial charge on any atom is 0.158 e. The lowest BCUT2D eigenvalue weighted by molar-refractivity contribution is -0.128. The lowest BCUT2D eigenvalue weighted by Gasteiger charge is -2.35. The van der Waals surface area contributed by atoms with Crippen LogP contribution in [0.5, 0.6) is 0 Å². The molecule has 0 saturated carbocycles. The number of aromatic nitrogens is 2. The van der Waals surface area contributed by atoms with E-state index in [2.05, 4.69) is 23.8 Å². The number of likely N-dealkylation sites (N-methyl/N-ethyl adjacent to an activating group) is 1. The Bertz CT molecular complexity index is 417. The number of ketones is 1. The van der Waals surface area contributed by atoms with Crippen molar-refractivity contribution in [2.75, 3.05) is 13.1 Å². The maximum absolute atomic E-state index is 12.5. The maximum atomic E-state index is 12.5. The average molecular weight is 251 g/mol. The smallest absolute Gasteiger partial charge is 0.158 e. The van der Waals surface area contributed by atoms with Crippen LogP contribution in [0.25, 0.3) is 0 Å². The Morgan fingerprint density at radius 1 is 1.39 bits per heavy atom. The quantitative estimate of drug-likeness (QED) is 0.775. The van der Waals surface area contributed by atoms with Crippen LogP contribution in [-0.4, -0.2) is 39.1 Å². The molecule has 0 aromatic carbocycles. The van der Waals surface area contributed by atoms with Crippen molar-refractivity contribution >= 4 is 5.78 Å². The first-order valence-corrected chi connectivity index (χ1v) is 6.60. The third kappa shape index (κ3) is 2.99. The summed E-state index contributed by atoms with van der Waals surface area (Å²) in [6.45, 7) is 11.9. The summed E-state index contributed by atoms with van der Waals surface area (Å²) in [6.07, 6.45) is 0.445. The lowest BCUT2D eigenvalue weighted by atomic mass is 9.93. The molecule has 0 spiro atoms. The number of carbonyl (C=O) groups excluding carboxylic acids is 1. The van der Waals surface area contributed by atoms with E-state index in [4.69, 9.17) is 0 Å². The predicted molar refractivity (Wildman–Crippen MR) is 73.7 cm³/mol. The van der Waals surface area contributed by atoms with Crippen molar-refractivity contribution in [1.29, 1.82) is 0 Å². The van der Waals surface area contributed by atoms with E-state index >= 15 is 0 Å². The van der Waals surface area contributed by atoms with Gasteiger partial charge in [0.05, 0.1) is 17.7 Å². The molecule has 0 radical (unpaired) electrons. The van der Waals surface area contributed by atoms with E-state index < -0.39 is 5.54 Å². The van der Waals surface area contributed by atoms with Crippen LogP contribution >= 0.6 is 0 Å².